The maximum atomic E-state index is 12.0. The summed E-state index contributed by atoms with van der Waals surface area (Å²) < 4.78 is 1.66. The van der Waals surface area contributed by atoms with Crippen molar-refractivity contribution in [2.75, 3.05) is 10.6 Å². The number of benzene rings is 1. The zero-order chi connectivity index (χ0) is 13.9. The number of para-hydroxylation sites is 1. The second-order valence-corrected chi connectivity index (χ2v) is 4.90. The average molecular weight is 271 g/mol. The lowest BCUT2D eigenvalue weighted by Crippen LogP contribution is -2.20. The Balaban J connectivity index is 1.66. The third-order valence-corrected chi connectivity index (χ3v) is 3.33. The second kappa shape index (κ2) is 5.32. The number of nitrogens with zero attached hydrogens (tertiary/aromatic N) is 3. The minimum absolute atomic E-state index is 0.291. The lowest BCUT2D eigenvalue weighted by Gasteiger charge is -2.10. The van der Waals surface area contributed by atoms with Crippen molar-refractivity contribution in [2.24, 2.45) is 0 Å². The maximum absolute atomic E-state index is 12.0. The molecule has 0 atom stereocenters. The summed E-state index contributed by atoms with van der Waals surface area (Å²) in [6.45, 7) is 2.69. The molecule has 1 aromatic carbocycles. The normalized spacial score (nSPS) is 14.1. The van der Waals surface area contributed by atoms with Gasteiger partial charge in [-0.15, -0.1) is 5.10 Å². The van der Waals surface area contributed by atoms with Crippen LogP contribution in [0.25, 0.3) is 0 Å². The van der Waals surface area contributed by atoms with E-state index in [-0.39, 0.29) is 6.03 Å². The quantitative estimate of drug-likeness (QED) is 0.898. The first kappa shape index (κ1) is 12.7. The van der Waals surface area contributed by atoms with E-state index in [2.05, 4.69) is 27.0 Å². The Labute approximate surface area is 117 Å². The van der Waals surface area contributed by atoms with Gasteiger partial charge in [-0.3, -0.25) is 10.00 Å². The fraction of sp³-hybridized carbons (Fsp3) is 0.357. The number of aromatic nitrogens is 3. The molecule has 0 unspecified atom stereocenters. The van der Waals surface area contributed by atoms with Gasteiger partial charge >= 0.3 is 6.03 Å². The number of aryl methyl sites for hydroxylation is 1. The van der Waals surface area contributed by atoms with Crippen LogP contribution in [0, 0.1) is 0 Å². The van der Waals surface area contributed by atoms with Crippen LogP contribution < -0.4 is 10.6 Å². The highest BCUT2D eigenvalue weighted by atomic mass is 16.2. The first-order chi connectivity index (χ1) is 9.76. The fourth-order valence-electron chi connectivity index (χ4n) is 2.14. The van der Waals surface area contributed by atoms with Crippen LogP contribution in [-0.2, 0) is 6.54 Å². The zero-order valence-corrected chi connectivity index (χ0v) is 11.3. The molecule has 1 aliphatic carbocycles. The van der Waals surface area contributed by atoms with Gasteiger partial charge in [0.2, 0.25) is 0 Å². The summed E-state index contributed by atoms with van der Waals surface area (Å²) in [5.74, 6) is 1.04. The number of urea groups is 1. The number of hydrogen-bond acceptors (Lipinski definition) is 3. The van der Waals surface area contributed by atoms with E-state index in [0.717, 1.165) is 12.2 Å². The minimum Gasteiger partial charge on any atom is -0.307 e. The highest BCUT2D eigenvalue weighted by Crippen LogP contribution is 2.43. The van der Waals surface area contributed by atoms with Gasteiger partial charge in [-0.25, -0.2) is 4.79 Å². The number of rotatable bonds is 4. The van der Waals surface area contributed by atoms with E-state index >= 15 is 0 Å². The Morgan fingerprint density at radius 2 is 2.15 bits per heavy atom. The molecule has 0 spiro atoms. The summed E-state index contributed by atoms with van der Waals surface area (Å²) in [6.07, 6.45) is 4.10. The number of carbonyl (C=O) groups is 1. The highest BCUT2D eigenvalue weighted by Gasteiger charge is 2.26. The van der Waals surface area contributed by atoms with E-state index in [0.29, 0.717) is 11.7 Å². The molecule has 3 rings (SSSR count). The van der Waals surface area contributed by atoms with Crippen LogP contribution >= 0.6 is 0 Å². The van der Waals surface area contributed by atoms with Crippen molar-refractivity contribution in [2.45, 2.75) is 32.2 Å². The van der Waals surface area contributed by atoms with Crippen LogP contribution in [0.15, 0.2) is 30.5 Å². The number of nitrogens with one attached hydrogen (secondary N) is 2. The van der Waals surface area contributed by atoms with Gasteiger partial charge in [0.25, 0.3) is 0 Å². The van der Waals surface area contributed by atoms with E-state index < -0.39 is 0 Å². The minimum atomic E-state index is -0.291. The van der Waals surface area contributed by atoms with Crippen LogP contribution in [0.3, 0.4) is 0 Å². The molecule has 2 aromatic rings. The van der Waals surface area contributed by atoms with Crippen LogP contribution in [0.1, 0.15) is 31.2 Å². The van der Waals surface area contributed by atoms with Crippen molar-refractivity contribution >= 4 is 17.5 Å². The summed E-state index contributed by atoms with van der Waals surface area (Å²) in [4.78, 5) is 12.0. The standard InChI is InChI=1S/C14H17N5O/c1-2-19-9-13(17-18-19)16-14(20)15-12-6-4-3-5-11(12)10-7-8-10/h3-6,9-10H,2,7-8H2,1H3,(H2,15,16,20). The largest absolute Gasteiger partial charge is 0.324 e. The van der Waals surface area contributed by atoms with Crippen molar-refractivity contribution in [3.8, 4) is 0 Å². The van der Waals surface area contributed by atoms with Crippen LogP contribution in [0.5, 0.6) is 0 Å². The van der Waals surface area contributed by atoms with Crippen molar-refractivity contribution in [1.82, 2.24) is 15.0 Å². The van der Waals surface area contributed by atoms with E-state index in [1.807, 2.05) is 25.1 Å². The Morgan fingerprint density at radius 3 is 2.85 bits per heavy atom. The van der Waals surface area contributed by atoms with E-state index in [9.17, 15) is 4.79 Å². The molecule has 0 aliphatic heterocycles. The third kappa shape index (κ3) is 2.79. The van der Waals surface area contributed by atoms with Crippen molar-refractivity contribution in [1.29, 1.82) is 0 Å². The van der Waals surface area contributed by atoms with E-state index in [1.54, 1.807) is 10.9 Å². The summed E-state index contributed by atoms with van der Waals surface area (Å²) in [7, 11) is 0. The first-order valence-electron chi connectivity index (χ1n) is 6.83. The Bertz CT molecular complexity index is 618. The molecule has 1 fully saturated rings. The molecule has 1 aliphatic rings. The number of hydrogen-bond donors (Lipinski definition) is 2. The zero-order valence-electron chi connectivity index (χ0n) is 11.3. The lowest BCUT2D eigenvalue weighted by atomic mass is 10.1. The monoisotopic (exact) mass is 271 g/mol. The molecule has 104 valence electrons. The number of amides is 2. The third-order valence-electron chi connectivity index (χ3n) is 3.33. The summed E-state index contributed by atoms with van der Waals surface area (Å²) in [5.41, 5.74) is 2.08. The molecule has 0 radical (unpaired) electrons. The highest BCUT2D eigenvalue weighted by molar-refractivity contribution is 5.99. The molecule has 1 saturated carbocycles. The second-order valence-electron chi connectivity index (χ2n) is 4.90. The van der Waals surface area contributed by atoms with Gasteiger partial charge < -0.3 is 5.32 Å². The predicted octanol–water partition coefficient (Wildman–Crippen LogP) is 2.82. The van der Waals surface area contributed by atoms with Gasteiger partial charge in [0.05, 0.1) is 6.20 Å². The Hall–Kier alpha value is -2.37. The maximum Gasteiger partial charge on any atom is 0.324 e. The van der Waals surface area contributed by atoms with Gasteiger partial charge in [0.15, 0.2) is 5.82 Å². The molecule has 0 saturated heterocycles. The molecule has 0 bridgehead atoms. The van der Waals surface area contributed by atoms with E-state index in [4.69, 9.17) is 0 Å². The van der Waals surface area contributed by atoms with Gasteiger partial charge in [0, 0.05) is 12.2 Å². The van der Waals surface area contributed by atoms with Gasteiger partial charge in [0.1, 0.15) is 0 Å². The Kier molecular flexibility index (Phi) is 3.37. The van der Waals surface area contributed by atoms with Crippen molar-refractivity contribution in [3.63, 3.8) is 0 Å². The molecular formula is C14H17N5O. The summed E-state index contributed by atoms with van der Waals surface area (Å²) >= 11 is 0. The summed E-state index contributed by atoms with van der Waals surface area (Å²) in [6, 6.07) is 7.64. The molecule has 6 heteroatoms. The van der Waals surface area contributed by atoms with Crippen molar-refractivity contribution < 1.29 is 4.79 Å². The van der Waals surface area contributed by atoms with Crippen LogP contribution in [-0.4, -0.2) is 21.0 Å². The summed E-state index contributed by atoms with van der Waals surface area (Å²) in [5, 5.41) is 13.3. The molecule has 1 aromatic heterocycles. The van der Waals surface area contributed by atoms with Crippen LogP contribution in [0.2, 0.25) is 0 Å². The molecule has 6 nitrogen and oxygen atoms in total. The molecule has 20 heavy (non-hydrogen) atoms. The van der Waals surface area contributed by atoms with Gasteiger partial charge in [-0.05, 0) is 37.3 Å². The number of carbonyl (C=O) groups excluding carboxylic acids is 1. The average Bonchev–Trinajstić information content (AvgIpc) is 3.20. The van der Waals surface area contributed by atoms with Crippen LogP contribution in [0.4, 0.5) is 16.3 Å². The van der Waals surface area contributed by atoms with Crippen molar-refractivity contribution in [3.05, 3.63) is 36.0 Å². The molecule has 2 amide bonds. The fourth-order valence-corrected chi connectivity index (χ4v) is 2.14. The SMILES string of the molecule is CCn1cc(NC(=O)Nc2ccccc2C2CC2)nn1. The molecule has 1 heterocycles. The number of anilines is 2. The molecular weight excluding hydrogens is 254 g/mol. The lowest BCUT2D eigenvalue weighted by molar-refractivity contribution is 0.262. The van der Waals surface area contributed by atoms with Gasteiger partial charge in [-0.1, -0.05) is 23.4 Å². The Morgan fingerprint density at radius 1 is 1.35 bits per heavy atom. The molecule has 2 N–H and O–H groups in total. The first-order valence-corrected chi connectivity index (χ1v) is 6.83. The van der Waals surface area contributed by atoms with E-state index in [1.165, 1.54) is 18.4 Å². The smallest absolute Gasteiger partial charge is 0.307 e. The topological polar surface area (TPSA) is 71.8 Å². The predicted molar refractivity (Wildman–Crippen MR) is 76.8 cm³/mol. The van der Waals surface area contributed by atoms with Gasteiger partial charge in [-0.2, -0.15) is 0 Å².